The molecule has 5 heteroatoms. The molecule has 0 radical (unpaired) electrons. The van der Waals surface area contributed by atoms with Crippen LogP contribution in [0.1, 0.15) is 27.4 Å². The van der Waals surface area contributed by atoms with Gasteiger partial charge in [0.05, 0.1) is 6.54 Å². The van der Waals surface area contributed by atoms with Crippen molar-refractivity contribution in [2.24, 2.45) is 0 Å². The van der Waals surface area contributed by atoms with Crippen LogP contribution in [-0.2, 0) is 13.1 Å². The molecule has 1 aromatic carbocycles. The van der Waals surface area contributed by atoms with Gasteiger partial charge in [0.1, 0.15) is 17.1 Å². The second kappa shape index (κ2) is 6.04. The maximum atomic E-state index is 10.9. The number of aryl methyl sites for hydroxylation is 1. The van der Waals surface area contributed by atoms with Crippen molar-refractivity contribution in [3.63, 3.8) is 0 Å². The van der Waals surface area contributed by atoms with Gasteiger partial charge in [-0.1, -0.05) is 28.1 Å². The second-order valence-corrected chi connectivity index (χ2v) is 5.13. The molecule has 100 valence electrons. The number of rotatable bonds is 5. The number of carbonyl (C=O) groups is 1. The molecule has 2 N–H and O–H groups in total. The third-order valence-electron chi connectivity index (χ3n) is 2.74. The molecule has 0 fully saturated rings. The molecule has 0 saturated carbocycles. The Hall–Kier alpha value is -1.59. The Morgan fingerprint density at radius 3 is 2.58 bits per heavy atom. The predicted octanol–water partition coefficient (Wildman–Crippen LogP) is 3.34. The third-order valence-corrected chi connectivity index (χ3v) is 3.27. The van der Waals surface area contributed by atoms with E-state index in [0.717, 1.165) is 10.0 Å². The molecule has 1 heterocycles. The van der Waals surface area contributed by atoms with Crippen LogP contribution in [0.25, 0.3) is 0 Å². The molecule has 0 aliphatic carbocycles. The maximum absolute atomic E-state index is 10.9. The Morgan fingerprint density at radius 1 is 1.32 bits per heavy atom. The zero-order chi connectivity index (χ0) is 13.8. The minimum atomic E-state index is -0.958. The summed E-state index contributed by atoms with van der Waals surface area (Å²) in [7, 11) is 0. The molecule has 0 aliphatic heterocycles. The molecule has 1 aromatic heterocycles. The highest BCUT2D eigenvalue weighted by atomic mass is 79.9. The average molecular weight is 324 g/mol. The van der Waals surface area contributed by atoms with Crippen molar-refractivity contribution in [3.05, 3.63) is 57.5 Å². The summed E-state index contributed by atoms with van der Waals surface area (Å²) in [5.74, 6) is 0.111. The Morgan fingerprint density at radius 2 is 2.00 bits per heavy atom. The summed E-state index contributed by atoms with van der Waals surface area (Å²) < 4.78 is 6.43. The molecule has 0 spiro atoms. The van der Waals surface area contributed by atoms with Gasteiger partial charge in [0.25, 0.3) is 0 Å². The molecule has 0 aliphatic rings. The van der Waals surface area contributed by atoms with Gasteiger partial charge in [-0.05, 0) is 30.7 Å². The van der Waals surface area contributed by atoms with E-state index < -0.39 is 5.97 Å². The number of hydrogen-bond acceptors (Lipinski definition) is 3. The van der Waals surface area contributed by atoms with Crippen LogP contribution in [0.3, 0.4) is 0 Å². The second-order valence-electron chi connectivity index (χ2n) is 4.22. The first-order chi connectivity index (χ1) is 9.06. The molecule has 0 bridgehead atoms. The number of aromatic carboxylic acids is 1. The summed E-state index contributed by atoms with van der Waals surface area (Å²) in [5, 5.41) is 12.1. The van der Waals surface area contributed by atoms with Crippen LogP contribution < -0.4 is 5.32 Å². The lowest BCUT2D eigenvalue weighted by molar-refractivity contribution is 0.0695. The third kappa shape index (κ3) is 3.68. The van der Waals surface area contributed by atoms with Crippen LogP contribution >= 0.6 is 15.9 Å². The van der Waals surface area contributed by atoms with Gasteiger partial charge >= 0.3 is 5.97 Å². The summed E-state index contributed by atoms with van der Waals surface area (Å²) in [6, 6.07) is 9.57. The number of nitrogens with one attached hydrogen (secondary N) is 1. The molecule has 0 unspecified atom stereocenters. The van der Waals surface area contributed by atoms with Crippen molar-refractivity contribution >= 4 is 21.9 Å². The fraction of sp³-hybridized carbons (Fsp3) is 0.214. The van der Waals surface area contributed by atoms with Crippen LogP contribution in [0.4, 0.5) is 0 Å². The largest absolute Gasteiger partial charge is 0.478 e. The Kier molecular flexibility index (Phi) is 4.39. The lowest BCUT2D eigenvalue weighted by Crippen LogP contribution is -2.12. The summed E-state index contributed by atoms with van der Waals surface area (Å²) in [6.07, 6.45) is 0. The van der Waals surface area contributed by atoms with Gasteiger partial charge in [-0.3, -0.25) is 0 Å². The molecule has 0 atom stereocenters. The normalized spacial score (nSPS) is 10.6. The summed E-state index contributed by atoms with van der Waals surface area (Å²) >= 11 is 3.38. The van der Waals surface area contributed by atoms with Gasteiger partial charge in [-0.15, -0.1) is 0 Å². The van der Waals surface area contributed by atoms with E-state index in [4.69, 9.17) is 9.52 Å². The van der Waals surface area contributed by atoms with E-state index in [0.29, 0.717) is 24.6 Å². The van der Waals surface area contributed by atoms with Crippen LogP contribution in [0.2, 0.25) is 0 Å². The van der Waals surface area contributed by atoms with E-state index in [9.17, 15) is 4.79 Å². The highest BCUT2D eigenvalue weighted by Gasteiger charge is 2.13. The van der Waals surface area contributed by atoms with Crippen molar-refractivity contribution in [3.8, 4) is 0 Å². The fourth-order valence-electron chi connectivity index (χ4n) is 1.78. The van der Waals surface area contributed by atoms with Crippen molar-refractivity contribution in [2.75, 3.05) is 0 Å². The zero-order valence-electron chi connectivity index (χ0n) is 10.4. The van der Waals surface area contributed by atoms with Crippen molar-refractivity contribution in [2.45, 2.75) is 20.0 Å². The van der Waals surface area contributed by atoms with Crippen LogP contribution in [0, 0.1) is 6.92 Å². The van der Waals surface area contributed by atoms with E-state index in [-0.39, 0.29) is 5.56 Å². The summed E-state index contributed by atoms with van der Waals surface area (Å²) in [6.45, 7) is 2.86. The number of furan rings is 1. The summed E-state index contributed by atoms with van der Waals surface area (Å²) in [5.41, 5.74) is 1.38. The van der Waals surface area contributed by atoms with E-state index in [2.05, 4.69) is 21.2 Å². The quantitative estimate of drug-likeness (QED) is 0.885. The minimum Gasteiger partial charge on any atom is -0.478 e. The van der Waals surface area contributed by atoms with Crippen LogP contribution in [-0.4, -0.2) is 11.1 Å². The van der Waals surface area contributed by atoms with Gasteiger partial charge in [0.15, 0.2) is 0 Å². The summed E-state index contributed by atoms with van der Waals surface area (Å²) in [4.78, 5) is 10.9. The van der Waals surface area contributed by atoms with Gasteiger partial charge in [0.2, 0.25) is 0 Å². The first kappa shape index (κ1) is 13.8. The van der Waals surface area contributed by atoms with Gasteiger partial charge < -0.3 is 14.8 Å². The first-order valence-electron chi connectivity index (χ1n) is 5.84. The SMILES string of the molecule is Cc1oc(CNCc2ccc(Br)cc2)cc1C(=O)O. The first-order valence-corrected chi connectivity index (χ1v) is 6.63. The van der Waals surface area contributed by atoms with Gasteiger partial charge in [-0.25, -0.2) is 4.79 Å². The minimum absolute atomic E-state index is 0.223. The average Bonchev–Trinajstić information content (AvgIpc) is 2.73. The van der Waals surface area contributed by atoms with E-state index in [1.165, 1.54) is 0 Å². The molecule has 0 amide bonds. The zero-order valence-corrected chi connectivity index (χ0v) is 12.0. The van der Waals surface area contributed by atoms with Crippen molar-refractivity contribution in [1.82, 2.24) is 5.32 Å². The number of halogens is 1. The van der Waals surface area contributed by atoms with Crippen molar-refractivity contribution < 1.29 is 14.3 Å². The standard InChI is InChI=1S/C14H14BrNO3/c1-9-13(14(17)18)6-12(19-9)8-16-7-10-2-4-11(15)5-3-10/h2-6,16H,7-8H2,1H3,(H,17,18). The van der Waals surface area contributed by atoms with E-state index in [1.807, 2.05) is 24.3 Å². The highest BCUT2D eigenvalue weighted by molar-refractivity contribution is 9.10. The molecule has 4 nitrogen and oxygen atoms in total. The Bertz CT molecular complexity index is 575. The topological polar surface area (TPSA) is 62.5 Å². The van der Waals surface area contributed by atoms with E-state index in [1.54, 1.807) is 13.0 Å². The molecular weight excluding hydrogens is 310 g/mol. The molecule has 19 heavy (non-hydrogen) atoms. The fourth-order valence-corrected chi connectivity index (χ4v) is 2.04. The van der Waals surface area contributed by atoms with Crippen LogP contribution in [0.5, 0.6) is 0 Å². The Labute approximate surface area is 119 Å². The van der Waals surface area contributed by atoms with E-state index >= 15 is 0 Å². The lowest BCUT2D eigenvalue weighted by atomic mass is 10.2. The number of benzene rings is 1. The Balaban J connectivity index is 1.90. The molecule has 0 saturated heterocycles. The van der Waals surface area contributed by atoms with Crippen LogP contribution in [0.15, 0.2) is 39.2 Å². The molecule has 2 aromatic rings. The number of carboxylic acid groups (broad SMARTS) is 1. The van der Waals surface area contributed by atoms with Gasteiger partial charge in [0, 0.05) is 11.0 Å². The smallest absolute Gasteiger partial charge is 0.339 e. The number of carboxylic acids is 1. The maximum Gasteiger partial charge on any atom is 0.339 e. The monoisotopic (exact) mass is 323 g/mol. The highest BCUT2D eigenvalue weighted by Crippen LogP contribution is 2.15. The molecular formula is C14H14BrNO3. The molecule has 2 rings (SSSR count). The lowest BCUT2D eigenvalue weighted by Gasteiger charge is -2.03. The number of hydrogen-bond donors (Lipinski definition) is 2. The predicted molar refractivity (Wildman–Crippen MR) is 75.1 cm³/mol. The van der Waals surface area contributed by atoms with Crippen molar-refractivity contribution in [1.29, 1.82) is 0 Å². The van der Waals surface area contributed by atoms with Gasteiger partial charge in [-0.2, -0.15) is 0 Å².